The van der Waals surface area contributed by atoms with Crippen molar-refractivity contribution in [2.75, 3.05) is 82.3 Å². The van der Waals surface area contributed by atoms with E-state index in [4.69, 9.17) is 16.3 Å². The van der Waals surface area contributed by atoms with Crippen LogP contribution in [0.3, 0.4) is 0 Å². The first-order valence-corrected chi connectivity index (χ1v) is 17.0. The fourth-order valence-corrected chi connectivity index (χ4v) is 6.93. The van der Waals surface area contributed by atoms with Gasteiger partial charge in [-0.15, -0.1) is 0 Å². The van der Waals surface area contributed by atoms with Gasteiger partial charge in [-0.3, -0.25) is 4.90 Å². The van der Waals surface area contributed by atoms with Crippen molar-refractivity contribution in [1.29, 1.82) is 0 Å². The molecule has 41 heavy (non-hydrogen) atoms. The third-order valence-electron chi connectivity index (χ3n) is 8.01. The van der Waals surface area contributed by atoms with Gasteiger partial charge in [0.1, 0.15) is 24.5 Å². The third-order valence-corrected chi connectivity index (χ3v) is 9.84. The highest BCUT2D eigenvalue weighted by Gasteiger charge is 2.27. The lowest BCUT2D eigenvalue weighted by Gasteiger charge is -2.42. The Morgan fingerprint density at radius 1 is 1.05 bits per heavy atom. The smallest absolute Gasteiger partial charge is 0.196 e. The zero-order chi connectivity index (χ0) is 29.1. The maximum Gasteiger partial charge on any atom is 0.196 e. The Morgan fingerprint density at radius 3 is 2.46 bits per heavy atom. The molecule has 2 aromatic rings. The lowest BCUT2D eigenvalue weighted by molar-refractivity contribution is 0.0982. The second-order valence-electron chi connectivity index (χ2n) is 11.3. The van der Waals surface area contributed by atoms with Gasteiger partial charge in [0.05, 0.1) is 23.5 Å². The van der Waals surface area contributed by atoms with Gasteiger partial charge in [-0.25, -0.2) is 9.38 Å². The number of anilines is 3. The number of halogens is 2. The molecule has 3 N–H and O–H groups in total. The van der Waals surface area contributed by atoms with Crippen LogP contribution >= 0.6 is 18.7 Å². The van der Waals surface area contributed by atoms with Crippen LogP contribution in [-0.4, -0.2) is 94.7 Å². The second kappa shape index (κ2) is 12.6. The highest BCUT2D eigenvalue weighted by atomic mass is 35.5. The molecule has 3 aliphatic heterocycles. The number of methoxy groups -OCH3 is 1. The largest absolute Gasteiger partial charge is 0.495 e. The molecule has 2 fully saturated rings. The first-order valence-electron chi connectivity index (χ1n) is 14.0. The van der Waals surface area contributed by atoms with Gasteiger partial charge in [0.15, 0.2) is 6.29 Å². The molecular formula is C29H40ClFN7O2P. The predicted molar refractivity (Wildman–Crippen MR) is 168 cm³/mol. The molecule has 0 aliphatic carbocycles. The quantitative estimate of drug-likeness (QED) is 0.407. The average molecular weight is 604 g/mol. The molecule has 3 heterocycles. The number of nitrogens with zero attached hydrogens (tertiary/aromatic N) is 4. The summed E-state index contributed by atoms with van der Waals surface area (Å²) in [4.78, 5) is 12.1. The maximum atomic E-state index is 14.1. The number of likely N-dealkylation sites (N-methyl/N-ethyl adjacent to an activating group) is 1. The van der Waals surface area contributed by atoms with E-state index in [1.807, 2.05) is 6.07 Å². The Morgan fingerprint density at radius 2 is 1.78 bits per heavy atom. The van der Waals surface area contributed by atoms with Gasteiger partial charge in [-0.05, 0) is 63.6 Å². The van der Waals surface area contributed by atoms with E-state index in [0.29, 0.717) is 33.7 Å². The molecule has 0 amide bonds. The summed E-state index contributed by atoms with van der Waals surface area (Å²) in [6.45, 7) is 9.94. The van der Waals surface area contributed by atoms with Crippen molar-refractivity contribution in [3.8, 4) is 5.75 Å². The minimum atomic E-state index is -2.68. The van der Waals surface area contributed by atoms with Crippen LogP contribution in [0.1, 0.15) is 12.8 Å². The van der Waals surface area contributed by atoms with Crippen LogP contribution in [0.2, 0.25) is 0 Å². The standard InChI is InChI=1S/C29H40ClFN7O2P/c1-36-13-15-38(16-14-36)21-9-11-37(12-10-21)22-6-7-24(26(18-22)40-2)34-29-32-19-23(30)28(35-29)33-25-17-20(31)5-8-27(25)41(3,4)39/h5-8,17-19,21,29,32,34H,9-16H2,1-4H3,(H,33,35). The van der Waals surface area contributed by atoms with E-state index in [0.717, 1.165) is 63.5 Å². The molecule has 2 aromatic carbocycles. The first kappa shape index (κ1) is 29.7. The number of piperazine rings is 1. The number of nitrogens with one attached hydrogen (secondary N) is 3. The van der Waals surface area contributed by atoms with Crippen LogP contribution in [0.15, 0.2) is 52.6 Å². The number of amidine groups is 1. The fourth-order valence-electron chi connectivity index (χ4n) is 5.64. The van der Waals surface area contributed by atoms with E-state index in [9.17, 15) is 8.96 Å². The van der Waals surface area contributed by atoms with Crippen molar-refractivity contribution < 1.29 is 13.7 Å². The van der Waals surface area contributed by atoms with Crippen LogP contribution in [0.4, 0.5) is 21.5 Å². The van der Waals surface area contributed by atoms with Gasteiger partial charge in [0.25, 0.3) is 0 Å². The van der Waals surface area contributed by atoms with Gasteiger partial charge in [-0.2, -0.15) is 0 Å². The number of benzene rings is 2. The Balaban J connectivity index is 1.25. The summed E-state index contributed by atoms with van der Waals surface area (Å²) in [6.07, 6.45) is 3.38. The molecule has 2 saturated heterocycles. The molecule has 12 heteroatoms. The summed E-state index contributed by atoms with van der Waals surface area (Å²) < 4.78 is 32.6. The third kappa shape index (κ3) is 7.17. The van der Waals surface area contributed by atoms with E-state index in [1.54, 1.807) is 26.6 Å². The van der Waals surface area contributed by atoms with Gasteiger partial charge < -0.3 is 35.1 Å². The monoisotopic (exact) mass is 603 g/mol. The van der Waals surface area contributed by atoms with E-state index < -0.39 is 19.2 Å². The molecule has 3 aliphatic rings. The molecule has 0 radical (unpaired) electrons. The van der Waals surface area contributed by atoms with Crippen molar-refractivity contribution in [2.45, 2.75) is 25.2 Å². The Labute approximate surface area is 247 Å². The molecule has 0 aromatic heterocycles. The maximum absolute atomic E-state index is 14.1. The molecule has 222 valence electrons. The van der Waals surface area contributed by atoms with Gasteiger partial charge >= 0.3 is 0 Å². The summed E-state index contributed by atoms with van der Waals surface area (Å²) >= 11 is 6.42. The molecule has 0 spiro atoms. The summed E-state index contributed by atoms with van der Waals surface area (Å²) in [5.41, 5.74) is 2.29. The van der Waals surface area contributed by atoms with Gasteiger partial charge in [0.2, 0.25) is 0 Å². The van der Waals surface area contributed by atoms with Crippen LogP contribution < -0.4 is 30.9 Å². The van der Waals surface area contributed by atoms with Crippen LogP contribution in [0.25, 0.3) is 0 Å². The molecule has 9 nitrogen and oxygen atoms in total. The zero-order valence-electron chi connectivity index (χ0n) is 24.2. The zero-order valence-corrected chi connectivity index (χ0v) is 25.8. The highest BCUT2D eigenvalue weighted by Crippen LogP contribution is 2.38. The lowest BCUT2D eigenvalue weighted by atomic mass is 10.0. The Bertz CT molecular complexity index is 1350. The molecule has 5 rings (SSSR count). The minimum absolute atomic E-state index is 0.322. The van der Waals surface area contributed by atoms with Crippen LogP contribution in [0, 0.1) is 5.82 Å². The number of aliphatic imine (C=N–C) groups is 1. The number of piperidine rings is 1. The minimum Gasteiger partial charge on any atom is -0.495 e. The van der Waals surface area contributed by atoms with E-state index in [1.165, 1.54) is 18.2 Å². The molecule has 0 saturated carbocycles. The van der Waals surface area contributed by atoms with Gasteiger partial charge in [-0.1, -0.05) is 11.6 Å². The average Bonchev–Trinajstić information content (AvgIpc) is 2.95. The van der Waals surface area contributed by atoms with E-state index in [-0.39, 0.29) is 0 Å². The first-order chi connectivity index (χ1) is 19.6. The molecule has 0 bridgehead atoms. The van der Waals surface area contributed by atoms with Crippen molar-refractivity contribution in [3.05, 3.63) is 53.4 Å². The summed E-state index contributed by atoms with van der Waals surface area (Å²) in [6, 6.07) is 11.0. The second-order valence-corrected chi connectivity index (χ2v) is 14.9. The predicted octanol–water partition coefficient (Wildman–Crippen LogP) is 4.19. The van der Waals surface area contributed by atoms with E-state index in [2.05, 4.69) is 54.8 Å². The van der Waals surface area contributed by atoms with E-state index >= 15 is 0 Å². The van der Waals surface area contributed by atoms with Crippen molar-refractivity contribution in [2.24, 2.45) is 4.99 Å². The normalized spacial score (nSPS) is 21.1. The van der Waals surface area contributed by atoms with Crippen LogP contribution in [-0.2, 0) is 4.57 Å². The Kier molecular flexibility index (Phi) is 9.14. The lowest BCUT2D eigenvalue weighted by Crippen LogP contribution is -2.52. The molecular weight excluding hydrogens is 564 g/mol. The van der Waals surface area contributed by atoms with Crippen molar-refractivity contribution in [3.63, 3.8) is 0 Å². The van der Waals surface area contributed by atoms with Crippen LogP contribution in [0.5, 0.6) is 5.75 Å². The van der Waals surface area contributed by atoms with Crippen molar-refractivity contribution >= 4 is 46.9 Å². The SMILES string of the molecule is COc1cc(N2CCC(N3CCN(C)CC3)CC2)ccc1NC1N=C(Nc2cc(F)ccc2P(C)(C)=O)C(Cl)=CN1. The topological polar surface area (TPSA) is 84.5 Å². The van der Waals surface area contributed by atoms with Gasteiger partial charge in [0, 0.05) is 68.6 Å². The number of ether oxygens (including phenoxy) is 1. The highest BCUT2D eigenvalue weighted by molar-refractivity contribution is 7.70. The summed E-state index contributed by atoms with van der Waals surface area (Å²) in [5.74, 6) is 0.602. The number of rotatable bonds is 7. The number of hydrogen-bond acceptors (Lipinski definition) is 9. The fraction of sp³-hybridized carbons (Fsp3) is 0.483. The molecule has 1 atom stereocenters. The van der Waals surface area contributed by atoms with Crippen molar-refractivity contribution in [1.82, 2.24) is 15.1 Å². The summed E-state index contributed by atoms with van der Waals surface area (Å²) in [5, 5.41) is 10.4. The molecule has 1 unspecified atom stereocenters. The Hall–Kier alpha value is -2.78. The number of hydrogen-bond donors (Lipinski definition) is 3. The summed E-state index contributed by atoms with van der Waals surface area (Å²) in [7, 11) is 1.18.